The molecule has 2 aliphatic heterocycles. The first-order chi connectivity index (χ1) is 12.5. The highest BCUT2D eigenvalue weighted by Crippen LogP contribution is 2.40. The zero-order chi connectivity index (χ0) is 18.1. The highest BCUT2D eigenvalue weighted by molar-refractivity contribution is 7.99. The average molecular weight is 388 g/mol. The quantitative estimate of drug-likeness (QED) is 0.724. The van der Waals surface area contributed by atoms with Gasteiger partial charge in [-0.05, 0) is 68.0 Å². The Balaban J connectivity index is 1.59. The van der Waals surface area contributed by atoms with Crippen LogP contribution in [0.2, 0.25) is 5.02 Å². The fraction of sp³-hybridized carbons (Fsp3) is 0.381. The number of hydrogen-bond acceptors (Lipinski definition) is 3. The molecule has 1 unspecified atom stereocenters. The first-order valence-corrected chi connectivity index (χ1v) is 10.3. The molecule has 26 heavy (non-hydrogen) atoms. The van der Waals surface area contributed by atoms with Gasteiger partial charge in [0.1, 0.15) is 0 Å². The van der Waals surface area contributed by atoms with Crippen molar-refractivity contribution < 1.29 is 9.53 Å². The Morgan fingerprint density at radius 2 is 2.04 bits per heavy atom. The van der Waals surface area contributed by atoms with Crippen molar-refractivity contribution >= 4 is 35.0 Å². The maximum Gasteiger partial charge on any atom is 0.224 e. The fourth-order valence-corrected chi connectivity index (χ4v) is 5.00. The van der Waals surface area contributed by atoms with Gasteiger partial charge in [0.15, 0.2) is 0 Å². The van der Waals surface area contributed by atoms with Crippen LogP contribution in [0.3, 0.4) is 0 Å². The number of carbonyl (C=O) groups is 1. The first kappa shape index (κ1) is 17.9. The average Bonchev–Trinajstić information content (AvgIpc) is 2.63. The Morgan fingerprint density at radius 3 is 2.85 bits per heavy atom. The number of benzene rings is 2. The van der Waals surface area contributed by atoms with E-state index >= 15 is 0 Å². The lowest BCUT2D eigenvalue weighted by atomic mass is 9.88. The van der Waals surface area contributed by atoms with Gasteiger partial charge in [-0.25, -0.2) is 0 Å². The standard InChI is InChI=1S/C21H22ClNO2S/c1-21(9-2-3-10-25-21)15-5-4-6-16(12-15)26-17-11-14-7-8-19(24)23-20(14)18(22)13-17/h4-6,11-13H,2-3,7-10H2,1H3,(H,23,24). The number of rotatable bonds is 3. The van der Waals surface area contributed by atoms with Gasteiger partial charge in [0, 0.05) is 22.8 Å². The van der Waals surface area contributed by atoms with Gasteiger partial charge < -0.3 is 10.1 Å². The summed E-state index contributed by atoms with van der Waals surface area (Å²) in [5.74, 6) is 0.0354. The van der Waals surface area contributed by atoms with Crippen molar-refractivity contribution in [3.63, 3.8) is 0 Å². The van der Waals surface area contributed by atoms with Gasteiger partial charge in [-0.3, -0.25) is 4.79 Å². The predicted molar refractivity (Wildman–Crippen MR) is 106 cm³/mol. The first-order valence-electron chi connectivity index (χ1n) is 9.08. The van der Waals surface area contributed by atoms with Gasteiger partial charge in [0.05, 0.1) is 16.3 Å². The topological polar surface area (TPSA) is 38.3 Å². The smallest absolute Gasteiger partial charge is 0.224 e. The van der Waals surface area contributed by atoms with Crippen LogP contribution in [0.15, 0.2) is 46.2 Å². The summed E-state index contributed by atoms with van der Waals surface area (Å²) in [7, 11) is 0. The van der Waals surface area contributed by atoms with E-state index in [1.165, 1.54) is 16.9 Å². The molecule has 4 rings (SSSR count). The number of fused-ring (bicyclic) bond motifs is 1. The number of aryl methyl sites for hydroxylation is 1. The van der Waals surface area contributed by atoms with Gasteiger partial charge in [0.25, 0.3) is 0 Å². The van der Waals surface area contributed by atoms with Crippen molar-refractivity contribution in [2.24, 2.45) is 0 Å². The van der Waals surface area contributed by atoms with Crippen molar-refractivity contribution in [3.05, 3.63) is 52.5 Å². The minimum Gasteiger partial charge on any atom is -0.371 e. The van der Waals surface area contributed by atoms with Crippen molar-refractivity contribution in [2.75, 3.05) is 11.9 Å². The number of halogens is 1. The van der Waals surface area contributed by atoms with Crippen molar-refractivity contribution in [3.8, 4) is 0 Å². The molecule has 1 amide bonds. The van der Waals surface area contributed by atoms with Crippen LogP contribution >= 0.6 is 23.4 Å². The molecule has 0 aromatic heterocycles. The molecule has 0 aliphatic carbocycles. The van der Waals surface area contributed by atoms with E-state index in [4.69, 9.17) is 16.3 Å². The Labute approximate surface area is 163 Å². The maximum absolute atomic E-state index is 11.6. The molecule has 136 valence electrons. The monoisotopic (exact) mass is 387 g/mol. The second-order valence-electron chi connectivity index (χ2n) is 7.15. The molecular weight excluding hydrogens is 366 g/mol. The zero-order valence-corrected chi connectivity index (χ0v) is 16.4. The van der Waals surface area contributed by atoms with E-state index in [-0.39, 0.29) is 11.5 Å². The molecule has 2 aliphatic rings. The molecule has 2 aromatic carbocycles. The Morgan fingerprint density at radius 1 is 1.15 bits per heavy atom. The van der Waals surface area contributed by atoms with Crippen LogP contribution < -0.4 is 5.32 Å². The van der Waals surface area contributed by atoms with Crippen molar-refractivity contribution in [2.45, 2.75) is 54.4 Å². The van der Waals surface area contributed by atoms with Gasteiger partial charge in [-0.15, -0.1) is 0 Å². The largest absolute Gasteiger partial charge is 0.371 e. The van der Waals surface area contributed by atoms with Crippen molar-refractivity contribution in [1.29, 1.82) is 0 Å². The van der Waals surface area contributed by atoms with E-state index in [0.717, 1.165) is 42.0 Å². The van der Waals surface area contributed by atoms with Gasteiger partial charge >= 0.3 is 0 Å². The Hall–Kier alpha value is -1.49. The van der Waals surface area contributed by atoms with Crippen LogP contribution in [0.25, 0.3) is 0 Å². The lowest BCUT2D eigenvalue weighted by Crippen LogP contribution is -2.30. The van der Waals surface area contributed by atoms with E-state index in [0.29, 0.717) is 11.4 Å². The summed E-state index contributed by atoms with van der Waals surface area (Å²) >= 11 is 8.11. The molecule has 1 fully saturated rings. The SMILES string of the molecule is CC1(c2cccc(Sc3cc(Cl)c4c(c3)CCC(=O)N4)c2)CCCCO1. The van der Waals surface area contributed by atoms with Crippen LogP contribution in [0.5, 0.6) is 0 Å². The summed E-state index contributed by atoms with van der Waals surface area (Å²) in [6.45, 7) is 3.02. The van der Waals surface area contributed by atoms with Crippen LogP contribution in [-0.4, -0.2) is 12.5 Å². The van der Waals surface area contributed by atoms with E-state index in [1.807, 2.05) is 6.07 Å². The molecule has 0 radical (unpaired) electrons. The number of anilines is 1. The molecule has 1 N–H and O–H groups in total. The predicted octanol–water partition coefficient (Wildman–Crippen LogP) is 5.79. The third kappa shape index (κ3) is 3.64. The van der Waals surface area contributed by atoms with Crippen molar-refractivity contribution in [1.82, 2.24) is 0 Å². The third-order valence-corrected chi connectivity index (χ3v) is 6.44. The van der Waals surface area contributed by atoms with E-state index in [1.54, 1.807) is 11.8 Å². The summed E-state index contributed by atoms with van der Waals surface area (Å²) in [6, 6.07) is 12.7. The molecule has 0 spiro atoms. The number of hydrogen-bond donors (Lipinski definition) is 1. The number of nitrogens with one attached hydrogen (secondary N) is 1. The van der Waals surface area contributed by atoms with E-state index in [2.05, 4.69) is 42.6 Å². The van der Waals surface area contributed by atoms with Crippen LogP contribution in [0, 0.1) is 0 Å². The Kier molecular flexibility index (Phi) is 5.00. The zero-order valence-electron chi connectivity index (χ0n) is 14.8. The molecule has 2 heterocycles. The summed E-state index contributed by atoms with van der Waals surface area (Å²) in [5.41, 5.74) is 2.92. The normalized spacial score (nSPS) is 22.6. The highest BCUT2D eigenvalue weighted by Gasteiger charge is 2.30. The summed E-state index contributed by atoms with van der Waals surface area (Å²) in [6.07, 6.45) is 4.67. The third-order valence-electron chi connectivity index (χ3n) is 5.18. The van der Waals surface area contributed by atoms with E-state index < -0.39 is 0 Å². The summed E-state index contributed by atoms with van der Waals surface area (Å²) < 4.78 is 6.09. The highest BCUT2D eigenvalue weighted by atomic mass is 35.5. The van der Waals surface area contributed by atoms with Crippen LogP contribution in [0.4, 0.5) is 5.69 Å². The lowest BCUT2D eigenvalue weighted by Gasteiger charge is -2.34. The minimum absolute atomic E-state index is 0.0354. The molecular formula is C21H22ClNO2S. The molecule has 0 bridgehead atoms. The second kappa shape index (κ2) is 7.26. The molecule has 1 saturated heterocycles. The molecule has 0 saturated carbocycles. The molecule has 2 aromatic rings. The second-order valence-corrected chi connectivity index (χ2v) is 8.71. The fourth-order valence-electron chi connectivity index (χ4n) is 3.67. The number of ether oxygens (including phenoxy) is 1. The molecule has 5 heteroatoms. The van der Waals surface area contributed by atoms with E-state index in [9.17, 15) is 4.79 Å². The number of carbonyl (C=O) groups excluding carboxylic acids is 1. The van der Waals surface area contributed by atoms with Crippen LogP contribution in [0.1, 0.15) is 43.7 Å². The summed E-state index contributed by atoms with van der Waals surface area (Å²) in [5, 5.41) is 3.49. The summed E-state index contributed by atoms with van der Waals surface area (Å²) in [4.78, 5) is 13.9. The van der Waals surface area contributed by atoms with Gasteiger partial charge in [0.2, 0.25) is 5.91 Å². The Bertz CT molecular complexity index is 846. The van der Waals surface area contributed by atoms with Gasteiger partial charge in [-0.1, -0.05) is 35.5 Å². The molecule has 1 atom stereocenters. The number of amides is 1. The van der Waals surface area contributed by atoms with Gasteiger partial charge in [-0.2, -0.15) is 0 Å². The molecule has 3 nitrogen and oxygen atoms in total. The maximum atomic E-state index is 11.6. The minimum atomic E-state index is -0.188. The lowest BCUT2D eigenvalue weighted by molar-refractivity contribution is -0.116. The van der Waals surface area contributed by atoms with Crippen LogP contribution in [-0.2, 0) is 21.6 Å².